The van der Waals surface area contributed by atoms with Crippen LogP contribution in [0.15, 0.2) is 60.8 Å². The van der Waals surface area contributed by atoms with Gasteiger partial charge in [-0.3, -0.25) is 4.79 Å². The maximum Gasteiger partial charge on any atom is 0.169 e. The highest BCUT2D eigenvalue weighted by Gasteiger charge is 2.51. The van der Waals surface area contributed by atoms with Crippen molar-refractivity contribution in [2.45, 2.75) is 212 Å². The van der Waals surface area contributed by atoms with Gasteiger partial charge in [0.2, 0.25) is 0 Å². The predicted octanol–water partition coefficient (Wildman–Crippen LogP) is 14.0. The second-order valence-corrected chi connectivity index (χ2v) is 16.1. The normalized spacial score (nSPS) is 22.2. The van der Waals surface area contributed by atoms with Crippen molar-refractivity contribution >= 4 is 5.78 Å². The van der Waals surface area contributed by atoms with Crippen molar-refractivity contribution in [1.29, 1.82) is 0 Å². The standard InChI is InChI=1S/C48H83NO3/c1-5-7-9-11-13-15-17-19-21-23-25-27-29-31-33-35-38-48(51-46-42-44(43-47(46)52-48)41-45(50)37-40-49(3)4)39-36-34-32-30-28-26-24-22-20-18-16-14-12-10-8-6-2/h7,9,13-16,19-22,44,46-47H,5-6,8,10-12,17-18,23-43H2,1-4H3/b9-7-,15-13-,16-14-,21-19-,22-20-/t44?,46-,47+,48?. The van der Waals surface area contributed by atoms with Gasteiger partial charge in [-0.05, 0) is 110 Å². The topological polar surface area (TPSA) is 38.8 Å². The van der Waals surface area contributed by atoms with E-state index in [1.54, 1.807) is 0 Å². The summed E-state index contributed by atoms with van der Waals surface area (Å²) in [5.74, 6) is 0.421. The smallest absolute Gasteiger partial charge is 0.169 e. The maximum absolute atomic E-state index is 12.6. The fourth-order valence-electron chi connectivity index (χ4n) is 7.76. The van der Waals surface area contributed by atoms with E-state index in [2.05, 4.69) is 79.5 Å². The van der Waals surface area contributed by atoms with E-state index < -0.39 is 5.79 Å². The molecule has 1 aliphatic heterocycles. The van der Waals surface area contributed by atoms with E-state index in [9.17, 15) is 4.79 Å². The number of ketones is 1. The van der Waals surface area contributed by atoms with E-state index in [1.165, 1.54) is 116 Å². The third-order valence-electron chi connectivity index (χ3n) is 10.8. The molecule has 2 rings (SSSR count). The number of allylic oxidation sites excluding steroid dienone is 10. The van der Waals surface area contributed by atoms with Gasteiger partial charge in [0, 0.05) is 32.2 Å². The van der Waals surface area contributed by atoms with Gasteiger partial charge in [-0.1, -0.05) is 139 Å². The number of rotatable bonds is 34. The molecule has 4 heteroatoms. The first-order valence-electron chi connectivity index (χ1n) is 22.2. The lowest BCUT2D eigenvalue weighted by atomic mass is 9.97. The SMILES string of the molecule is CC/C=C\C/C=C\C/C=C\CCCCCCCCC1(CCCCCCCC/C=C\C/C=C\CCCCC)O[C@H]2CC(CC(=O)CCN(C)C)C[C@H]2O1. The molecule has 0 amide bonds. The lowest BCUT2D eigenvalue weighted by Gasteiger charge is -2.30. The number of carbonyl (C=O) groups is 1. The van der Waals surface area contributed by atoms with Crippen molar-refractivity contribution in [2.24, 2.45) is 5.92 Å². The molecule has 0 aromatic carbocycles. The molecule has 1 heterocycles. The first-order chi connectivity index (χ1) is 25.5. The summed E-state index contributed by atoms with van der Waals surface area (Å²) in [7, 11) is 4.08. The van der Waals surface area contributed by atoms with E-state index in [4.69, 9.17) is 9.47 Å². The van der Waals surface area contributed by atoms with Gasteiger partial charge in [-0.2, -0.15) is 0 Å². The van der Waals surface area contributed by atoms with Crippen LogP contribution >= 0.6 is 0 Å². The van der Waals surface area contributed by atoms with Crippen LogP contribution in [0.5, 0.6) is 0 Å². The molecule has 2 fully saturated rings. The van der Waals surface area contributed by atoms with Crippen molar-refractivity contribution in [3.05, 3.63) is 60.8 Å². The molecular formula is C48H83NO3. The van der Waals surface area contributed by atoms with Crippen LogP contribution in [-0.4, -0.2) is 49.3 Å². The van der Waals surface area contributed by atoms with Crippen molar-refractivity contribution in [3.63, 3.8) is 0 Å². The van der Waals surface area contributed by atoms with Gasteiger partial charge in [0.1, 0.15) is 5.78 Å². The molecular weight excluding hydrogens is 639 g/mol. The van der Waals surface area contributed by atoms with Gasteiger partial charge in [-0.15, -0.1) is 0 Å². The summed E-state index contributed by atoms with van der Waals surface area (Å²) in [5.41, 5.74) is 0. The van der Waals surface area contributed by atoms with Crippen LogP contribution in [0.2, 0.25) is 0 Å². The van der Waals surface area contributed by atoms with E-state index in [0.717, 1.165) is 57.9 Å². The summed E-state index contributed by atoms with van der Waals surface area (Å²) in [4.78, 5) is 14.7. The van der Waals surface area contributed by atoms with Crippen LogP contribution in [0.25, 0.3) is 0 Å². The van der Waals surface area contributed by atoms with Crippen molar-refractivity contribution in [2.75, 3.05) is 20.6 Å². The highest BCUT2D eigenvalue weighted by atomic mass is 16.8. The van der Waals surface area contributed by atoms with E-state index in [-0.39, 0.29) is 12.2 Å². The minimum Gasteiger partial charge on any atom is -0.344 e. The molecule has 2 aliphatic rings. The number of carbonyl (C=O) groups excluding carboxylic acids is 1. The molecule has 52 heavy (non-hydrogen) atoms. The Labute approximate surface area is 323 Å². The first kappa shape index (κ1) is 46.4. The minimum absolute atomic E-state index is 0.178. The Morgan fingerprint density at radius 1 is 0.577 bits per heavy atom. The first-order valence-corrected chi connectivity index (χ1v) is 22.2. The summed E-state index contributed by atoms with van der Waals surface area (Å²) < 4.78 is 13.7. The monoisotopic (exact) mass is 722 g/mol. The van der Waals surface area contributed by atoms with Gasteiger partial charge < -0.3 is 14.4 Å². The Hall–Kier alpha value is -1.75. The molecule has 1 aliphatic carbocycles. The molecule has 2 unspecified atom stereocenters. The Balaban J connectivity index is 1.64. The van der Waals surface area contributed by atoms with Crippen LogP contribution in [0.3, 0.4) is 0 Å². The van der Waals surface area contributed by atoms with Gasteiger partial charge in [0.15, 0.2) is 5.79 Å². The second-order valence-electron chi connectivity index (χ2n) is 16.1. The van der Waals surface area contributed by atoms with Crippen molar-refractivity contribution in [1.82, 2.24) is 4.90 Å². The number of unbranched alkanes of at least 4 members (excludes halogenated alkanes) is 15. The molecule has 0 bridgehead atoms. The summed E-state index contributed by atoms with van der Waals surface area (Å²) in [6, 6.07) is 0. The van der Waals surface area contributed by atoms with Crippen LogP contribution in [0, 0.1) is 5.92 Å². The second kappa shape index (κ2) is 31.6. The van der Waals surface area contributed by atoms with Crippen LogP contribution in [-0.2, 0) is 14.3 Å². The molecule has 1 saturated carbocycles. The van der Waals surface area contributed by atoms with E-state index in [0.29, 0.717) is 24.5 Å². The predicted molar refractivity (Wildman–Crippen MR) is 226 cm³/mol. The Morgan fingerprint density at radius 2 is 1.00 bits per heavy atom. The molecule has 4 nitrogen and oxygen atoms in total. The average molecular weight is 722 g/mol. The maximum atomic E-state index is 12.6. The van der Waals surface area contributed by atoms with Gasteiger partial charge in [-0.25, -0.2) is 0 Å². The third-order valence-corrected chi connectivity index (χ3v) is 10.8. The van der Waals surface area contributed by atoms with Gasteiger partial charge >= 0.3 is 0 Å². The molecule has 298 valence electrons. The molecule has 0 radical (unpaired) electrons. The molecule has 1 saturated heterocycles. The fourth-order valence-corrected chi connectivity index (χ4v) is 7.76. The summed E-state index contributed by atoms with van der Waals surface area (Å²) >= 11 is 0. The largest absolute Gasteiger partial charge is 0.344 e. The molecule has 4 atom stereocenters. The third kappa shape index (κ3) is 23.8. The zero-order valence-corrected chi connectivity index (χ0v) is 34.7. The zero-order chi connectivity index (χ0) is 37.4. The summed E-state index contributed by atoms with van der Waals surface area (Å²) in [6.45, 7) is 5.29. The molecule has 0 N–H and O–H groups in total. The highest BCUT2D eigenvalue weighted by Crippen LogP contribution is 2.46. The fraction of sp³-hybridized carbons (Fsp3) is 0.771. The molecule has 0 aromatic heterocycles. The Morgan fingerprint density at radius 3 is 1.46 bits per heavy atom. The van der Waals surface area contributed by atoms with E-state index in [1.807, 2.05) is 14.1 Å². The van der Waals surface area contributed by atoms with Crippen molar-refractivity contribution in [3.8, 4) is 0 Å². The number of Topliss-reactive ketones (excluding diaryl/α,β-unsaturated/α-hetero) is 1. The molecule has 0 spiro atoms. The number of fused-ring (bicyclic) bond motifs is 1. The van der Waals surface area contributed by atoms with Crippen molar-refractivity contribution < 1.29 is 14.3 Å². The van der Waals surface area contributed by atoms with Crippen LogP contribution in [0.1, 0.15) is 194 Å². The Kier molecular flexibility index (Phi) is 28.2. The van der Waals surface area contributed by atoms with Crippen LogP contribution < -0.4 is 0 Å². The van der Waals surface area contributed by atoms with Gasteiger partial charge in [0.05, 0.1) is 12.2 Å². The lowest BCUT2D eigenvalue weighted by Crippen LogP contribution is -2.32. The highest BCUT2D eigenvalue weighted by molar-refractivity contribution is 5.78. The Bertz CT molecular complexity index is 993. The number of nitrogens with zero attached hydrogens (tertiary/aromatic N) is 1. The summed E-state index contributed by atoms with van der Waals surface area (Å²) in [5, 5.41) is 0. The average Bonchev–Trinajstić information content (AvgIpc) is 3.65. The number of hydrogen-bond acceptors (Lipinski definition) is 4. The number of ether oxygens (including phenoxy) is 2. The zero-order valence-electron chi connectivity index (χ0n) is 34.7. The van der Waals surface area contributed by atoms with Crippen LogP contribution in [0.4, 0.5) is 0 Å². The summed E-state index contributed by atoms with van der Waals surface area (Å²) in [6.07, 6.45) is 56.2. The lowest BCUT2D eigenvalue weighted by molar-refractivity contribution is -0.193. The number of hydrogen-bond donors (Lipinski definition) is 0. The van der Waals surface area contributed by atoms with Gasteiger partial charge in [0.25, 0.3) is 0 Å². The van der Waals surface area contributed by atoms with E-state index >= 15 is 0 Å². The quantitative estimate of drug-likeness (QED) is 0.0490. The minimum atomic E-state index is -0.393. The molecule has 0 aromatic rings.